The van der Waals surface area contributed by atoms with Crippen LogP contribution in [0, 0.1) is 5.92 Å². The van der Waals surface area contributed by atoms with Gasteiger partial charge in [-0.1, -0.05) is 30.7 Å². The topological polar surface area (TPSA) is 62.8 Å². The molecule has 40 heavy (non-hydrogen) atoms. The average Bonchev–Trinajstić information content (AvgIpc) is 2.97. The Hall–Kier alpha value is -3.22. The molecule has 2 aliphatic rings. The molecule has 0 saturated carbocycles. The lowest BCUT2D eigenvalue weighted by molar-refractivity contribution is -0.118. The monoisotopic (exact) mass is 561 g/mol. The van der Waals surface area contributed by atoms with Gasteiger partial charge in [-0.05, 0) is 117 Å². The number of nitrogens with one attached hydrogen (secondary N) is 2. The van der Waals surface area contributed by atoms with E-state index in [0.29, 0.717) is 28.5 Å². The first-order valence-electron chi connectivity index (χ1n) is 14.4. The summed E-state index contributed by atoms with van der Waals surface area (Å²) in [5.74, 6) is 1.97. The van der Waals surface area contributed by atoms with Crippen LogP contribution in [0.2, 0.25) is 5.02 Å². The summed E-state index contributed by atoms with van der Waals surface area (Å²) in [6, 6.07) is 20.0. The number of fused-ring (bicyclic) bond motifs is 1. The van der Waals surface area contributed by atoms with Crippen molar-refractivity contribution in [1.82, 2.24) is 5.32 Å². The summed E-state index contributed by atoms with van der Waals surface area (Å²) in [5, 5.41) is 7.84. The van der Waals surface area contributed by atoms with Gasteiger partial charge >= 0.3 is 0 Å². The minimum Gasteiger partial charge on any atom is -0.493 e. The summed E-state index contributed by atoms with van der Waals surface area (Å²) in [5.41, 5.74) is 4.88. The number of halogens is 1. The summed E-state index contributed by atoms with van der Waals surface area (Å²) in [6.45, 7) is 8.55. The van der Waals surface area contributed by atoms with Crippen LogP contribution in [0.4, 0.5) is 11.4 Å². The fourth-order valence-electron chi connectivity index (χ4n) is 5.78. The van der Waals surface area contributed by atoms with Crippen LogP contribution < -0.4 is 25.0 Å². The Morgan fingerprint density at radius 3 is 2.48 bits per heavy atom. The lowest BCUT2D eigenvalue weighted by Crippen LogP contribution is -2.41. The van der Waals surface area contributed by atoms with Gasteiger partial charge in [0.05, 0.1) is 25.7 Å². The molecule has 2 heterocycles. The standard InChI is InChI=1S/C33H40ClN3O3/c1-5-21(2)40-31-19-29-25(17-30(31)39-4)18-32(38)37(33(29)23-8-10-26(34)11-9-23)28-14-12-27(13-15-28)36-22(3)24-7-6-16-35-20-24/h8-15,17,19,21-22,24,33,35-36H,5-7,16,18,20H2,1-4H3/t21-,22?,24?,33?/m1/s1. The molecule has 2 N–H and O–H groups in total. The highest BCUT2D eigenvalue weighted by Crippen LogP contribution is 2.44. The number of amides is 1. The van der Waals surface area contributed by atoms with Gasteiger partial charge in [0.2, 0.25) is 5.91 Å². The van der Waals surface area contributed by atoms with Crippen LogP contribution in [0.1, 0.15) is 62.8 Å². The first kappa shape index (κ1) is 28.3. The minimum absolute atomic E-state index is 0.0347. The van der Waals surface area contributed by atoms with Crippen molar-refractivity contribution >= 4 is 28.9 Å². The Kier molecular flexibility index (Phi) is 8.87. The second-order valence-corrected chi connectivity index (χ2v) is 11.5. The van der Waals surface area contributed by atoms with Gasteiger partial charge in [-0.25, -0.2) is 0 Å². The van der Waals surface area contributed by atoms with Crippen molar-refractivity contribution in [2.75, 3.05) is 30.4 Å². The van der Waals surface area contributed by atoms with E-state index in [1.807, 2.05) is 54.3 Å². The van der Waals surface area contributed by atoms with Gasteiger partial charge in [-0.15, -0.1) is 0 Å². The third-order valence-corrected chi connectivity index (χ3v) is 8.51. The van der Waals surface area contributed by atoms with Crippen LogP contribution in [0.3, 0.4) is 0 Å². The van der Waals surface area contributed by atoms with Crippen LogP contribution in [-0.4, -0.2) is 38.3 Å². The predicted octanol–water partition coefficient (Wildman–Crippen LogP) is 7.00. The zero-order chi connectivity index (χ0) is 28.2. The number of ether oxygens (including phenoxy) is 2. The zero-order valence-electron chi connectivity index (χ0n) is 23.9. The maximum atomic E-state index is 13.8. The summed E-state index contributed by atoms with van der Waals surface area (Å²) >= 11 is 6.26. The van der Waals surface area contributed by atoms with E-state index in [0.717, 1.165) is 47.6 Å². The molecule has 0 bridgehead atoms. The molecule has 1 fully saturated rings. The summed E-state index contributed by atoms with van der Waals surface area (Å²) < 4.78 is 11.9. The molecule has 3 unspecified atom stereocenters. The molecule has 0 spiro atoms. The van der Waals surface area contributed by atoms with Crippen molar-refractivity contribution in [2.45, 2.75) is 64.6 Å². The van der Waals surface area contributed by atoms with Crippen molar-refractivity contribution in [3.05, 3.63) is 82.4 Å². The van der Waals surface area contributed by atoms with Crippen LogP contribution in [0.15, 0.2) is 60.7 Å². The highest BCUT2D eigenvalue weighted by molar-refractivity contribution is 6.30. The molecule has 1 amide bonds. The molecular formula is C33H40ClN3O3. The maximum absolute atomic E-state index is 13.8. The smallest absolute Gasteiger partial charge is 0.232 e. The number of rotatable bonds is 9. The first-order valence-corrected chi connectivity index (χ1v) is 14.8. The average molecular weight is 562 g/mol. The Labute approximate surface area is 243 Å². The number of hydrogen-bond acceptors (Lipinski definition) is 5. The van der Waals surface area contributed by atoms with Gasteiger partial charge in [0, 0.05) is 22.4 Å². The largest absolute Gasteiger partial charge is 0.493 e. The summed E-state index contributed by atoms with van der Waals surface area (Å²) in [7, 11) is 1.64. The van der Waals surface area contributed by atoms with E-state index in [2.05, 4.69) is 42.7 Å². The number of carbonyl (C=O) groups excluding carboxylic acids is 1. The van der Waals surface area contributed by atoms with Gasteiger partial charge in [0.1, 0.15) is 0 Å². The van der Waals surface area contributed by atoms with Crippen LogP contribution in [0.5, 0.6) is 11.5 Å². The van der Waals surface area contributed by atoms with E-state index in [1.54, 1.807) is 7.11 Å². The van der Waals surface area contributed by atoms with E-state index in [-0.39, 0.29) is 24.5 Å². The van der Waals surface area contributed by atoms with Crippen LogP contribution in [-0.2, 0) is 11.2 Å². The number of carbonyl (C=O) groups is 1. The molecule has 0 radical (unpaired) electrons. The number of hydrogen-bond donors (Lipinski definition) is 2. The fourth-order valence-corrected chi connectivity index (χ4v) is 5.91. The molecule has 4 atom stereocenters. The van der Waals surface area contributed by atoms with Crippen molar-refractivity contribution in [3.8, 4) is 11.5 Å². The van der Waals surface area contributed by atoms with E-state index >= 15 is 0 Å². The molecule has 1 saturated heterocycles. The van der Waals surface area contributed by atoms with Crippen molar-refractivity contribution < 1.29 is 14.3 Å². The number of piperidine rings is 1. The van der Waals surface area contributed by atoms with E-state index in [4.69, 9.17) is 21.1 Å². The highest BCUT2D eigenvalue weighted by Gasteiger charge is 2.36. The van der Waals surface area contributed by atoms with Crippen molar-refractivity contribution in [2.24, 2.45) is 5.92 Å². The van der Waals surface area contributed by atoms with Gasteiger partial charge in [0.15, 0.2) is 11.5 Å². The Morgan fingerprint density at radius 1 is 1.07 bits per heavy atom. The van der Waals surface area contributed by atoms with Gasteiger partial charge < -0.3 is 25.0 Å². The Bertz CT molecular complexity index is 1310. The third-order valence-electron chi connectivity index (χ3n) is 8.26. The lowest BCUT2D eigenvalue weighted by Gasteiger charge is -2.38. The molecule has 0 aromatic heterocycles. The Morgan fingerprint density at radius 2 is 1.82 bits per heavy atom. The third kappa shape index (κ3) is 6.08. The summed E-state index contributed by atoms with van der Waals surface area (Å²) in [4.78, 5) is 15.7. The van der Waals surface area contributed by atoms with Crippen LogP contribution in [0.25, 0.3) is 0 Å². The molecule has 6 nitrogen and oxygen atoms in total. The number of methoxy groups -OCH3 is 1. The zero-order valence-corrected chi connectivity index (χ0v) is 24.6. The molecule has 5 rings (SSSR count). The lowest BCUT2D eigenvalue weighted by atomic mass is 9.86. The van der Waals surface area contributed by atoms with Crippen LogP contribution >= 0.6 is 11.6 Å². The maximum Gasteiger partial charge on any atom is 0.232 e. The van der Waals surface area contributed by atoms with Crippen molar-refractivity contribution in [3.63, 3.8) is 0 Å². The van der Waals surface area contributed by atoms with E-state index in [9.17, 15) is 4.79 Å². The van der Waals surface area contributed by atoms with E-state index < -0.39 is 0 Å². The second kappa shape index (κ2) is 12.5. The highest BCUT2D eigenvalue weighted by atomic mass is 35.5. The number of benzene rings is 3. The minimum atomic E-state index is -0.329. The Balaban J connectivity index is 1.50. The first-order chi connectivity index (χ1) is 19.4. The normalized spacial score (nSPS) is 20.4. The fraction of sp³-hybridized carbons (Fsp3) is 0.424. The molecular weight excluding hydrogens is 522 g/mol. The summed E-state index contributed by atoms with van der Waals surface area (Å²) in [6.07, 6.45) is 3.65. The van der Waals surface area contributed by atoms with Crippen molar-refractivity contribution in [1.29, 1.82) is 0 Å². The van der Waals surface area contributed by atoms with Gasteiger partial charge in [-0.3, -0.25) is 4.79 Å². The molecule has 3 aromatic carbocycles. The SMILES string of the molecule is CC[C@@H](C)Oc1cc2c(cc1OC)CC(=O)N(c1ccc(NC(C)C3CCCNC3)cc1)C2c1ccc(Cl)cc1. The molecule has 2 aliphatic heterocycles. The number of nitrogens with zero attached hydrogens (tertiary/aromatic N) is 1. The molecule has 0 aliphatic carbocycles. The predicted molar refractivity (Wildman–Crippen MR) is 163 cm³/mol. The second-order valence-electron chi connectivity index (χ2n) is 11.0. The van der Waals surface area contributed by atoms with E-state index in [1.165, 1.54) is 12.8 Å². The van der Waals surface area contributed by atoms with Gasteiger partial charge in [-0.2, -0.15) is 0 Å². The molecule has 7 heteroatoms. The van der Waals surface area contributed by atoms with Gasteiger partial charge in [0.25, 0.3) is 0 Å². The number of anilines is 2. The molecule has 3 aromatic rings. The molecule has 212 valence electrons. The quantitative estimate of drug-likeness (QED) is 0.294.